The highest BCUT2D eigenvalue weighted by Gasteiger charge is 2.06. The molecule has 3 nitrogen and oxygen atoms in total. The Morgan fingerprint density at radius 3 is 2.74 bits per heavy atom. The Labute approximate surface area is 118 Å². The fourth-order valence-corrected chi connectivity index (χ4v) is 2.25. The Kier molecular flexibility index (Phi) is 4.58. The van der Waals surface area contributed by atoms with Crippen molar-refractivity contribution in [2.45, 2.75) is 11.8 Å². The van der Waals surface area contributed by atoms with Gasteiger partial charge in [0, 0.05) is 10.6 Å². The largest absolute Gasteiger partial charge is 0.492 e. The Morgan fingerprint density at radius 1 is 1.21 bits per heavy atom. The van der Waals surface area contributed by atoms with Crippen LogP contribution in [0.3, 0.4) is 0 Å². The van der Waals surface area contributed by atoms with Gasteiger partial charge in [-0.05, 0) is 43.5 Å². The highest BCUT2D eigenvalue weighted by atomic mass is 32.2. The quantitative estimate of drug-likeness (QED) is 0.635. The first kappa shape index (κ1) is 13.6. The maximum atomic E-state index is 6.10. The highest BCUT2D eigenvalue weighted by molar-refractivity contribution is 7.98. The third kappa shape index (κ3) is 3.35. The van der Waals surface area contributed by atoms with E-state index in [1.54, 1.807) is 11.8 Å². The van der Waals surface area contributed by atoms with Crippen molar-refractivity contribution < 1.29 is 4.74 Å². The molecule has 0 aromatic heterocycles. The first-order valence-corrected chi connectivity index (χ1v) is 7.39. The molecule has 2 rings (SSSR count). The SMILES string of the molecule is CCOc1cccc(Nc2cccc(SC)c2)c1N. The molecule has 0 radical (unpaired) electrons. The van der Waals surface area contributed by atoms with E-state index in [9.17, 15) is 0 Å². The van der Waals surface area contributed by atoms with Gasteiger partial charge >= 0.3 is 0 Å². The molecule has 0 saturated carbocycles. The number of para-hydroxylation sites is 1. The zero-order valence-electron chi connectivity index (χ0n) is 11.1. The molecule has 0 spiro atoms. The zero-order valence-corrected chi connectivity index (χ0v) is 12.0. The summed E-state index contributed by atoms with van der Waals surface area (Å²) in [6.45, 7) is 2.55. The number of nitrogen functional groups attached to an aromatic ring is 1. The molecule has 4 heteroatoms. The minimum Gasteiger partial charge on any atom is -0.492 e. The molecule has 0 fully saturated rings. The summed E-state index contributed by atoms with van der Waals surface area (Å²) in [5, 5.41) is 3.33. The van der Waals surface area contributed by atoms with Crippen molar-refractivity contribution in [3.63, 3.8) is 0 Å². The van der Waals surface area contributed by atoms with Gasteiger partial charge in [0.25, 0.3) is 0 Å². The Balaban J connectivity index is 2.25. The Hall–Kier alpha value is -1.81. The van der Waals surface area contributed by atoms with Crippen LogP contribution in [0.1, 0.15) is 6.92 Å². The molecule has 0 unspecified atom stereocenters. The lowest BCUT2D eigenvalue weighted by molar-refractivity contribution is 0.342. The van der Waals surface area contributed by atoms with Gasteiger partial charge in [-0.25, -0.2) is 0 Å². The van der Waals surface area contributed by atoms with E-state index in [4.69, 9.17) is 10.5 Å². The second-order valence-electron chi connectivity index (χ2n) is 4.01. The number of nitrogens with two attached hydrogens (primary N) is 1. The third-order valence-corrected chi connectivity index (χ3v) is 3.44. The van der Waals surface area contributed by atoms with Gasteiger partial charge in [-0.1, -0.05) is 12.1 Å². The van der Waals surface area contributed by atoms with Crippen LogP contribution < -0.4 is 15.8 Å². The van der Waals surface area contributed by atoms with Gasteiger partial charge in [0.15, 0.2) is 0 Å². The van der Waals surface area contributed by atoms with Crippen molar-refractivity contribution in [2.75, 3.05) is 23.9 Å². The van der Waals surface area contributed by atoms with E-state index in [1.165, 1.54) is 4.90 Å². The second kappa shape index (κ2) is 6.38. The molecule has 0 aliphatic heterocycles. The molecule has 0 aliphatic carbocycles. The molecule has 0 aliphatic rings. The average molecular weight is 274 g/mol. The van der Waals surface area contributed by atoms with Crippen LogP contribution in [-0.4, -0.2) is 12.9 Å². The van der Waals surface area contributed by atoms with E-state index in [0.717, 1.165) is 11.4 Å². The van der Waals surface area contributed by atoms with E-state index in [1.807, 2.05) is 37.3 Å². The van der Waals surface area contributed by atoms with Crippen molar-refractivity contribution in [1.29, 1.82) is 0 Å². The lowest BCUT2D eigenvalue weighted by atomic mass is 10.2. The molecule has 19 heavy (non-hydrogen) atoms. The van der Waals surface area contributed by atoms with Crippen LogP contribution in [0.5, 0.6) is 5.75 Å². The number of rotatable bonds is 5. The minimum atomic E-state index is 0.607. The smallest absolute Gasteiger partial charge is 0.144 e. The van der Waals surface area contributed by atoms with E-state index < -0.39 is 0 Å². The number of anilines is 3. The van der Waals surface area contributed by atoms with Crippen LogP contribution in [0, 0.1) is 0 Å². The summed E-state index contributed by atoms with van der Waals surface area (Å²) >= 11 is 1.71. The lowest BCUT2D eigenvalue weighted by Crippen LogP contribution is -2.01. The van der Waals surface area contributed by atoms with Gasteiger partial charge in [0.1, 0.15) is 5.75 Å². The summed E-state index contributed by atoms with van der Waals surface area (Å²) in [5.74, 6) is 0.716. The maximum absolute atomic E-state index is 6.10. The molecule has 0 atom stereocenters. The second-order valence-corrected chi connectivity index (χ2v) is 4.89. The van der Waals surface area contributed by atoms with Crippen molar-refractivity contribution in [3.8, 4) is 5.75 Å². The van der Waals surface area contributed by atoms with E-state index >= 15 is 0 Å². The summed E-state index contributed by atoms with van der Waals surface area (Å²) in [5.41, 5.74) is 8.62. The molecule has 0 heterocycles. The predicted octanol–water partition coefficient (Wildman–Crippen LogP) is 4.13. The third-order valence-electron chi connectivity index (χ3n) is 2.71. The fraction of sp³-hybridized carbons (Fsp3) is 0.200. The molecule has 2 aromatic carbocycles. The maximum Gasteiger partial charge on any atom is 0.144 e. The van der Waals surface area contributed by atoms with E-state index in [2.05, 4.69) is 23.7 Å². The average Bonchev–Trinajstić information content (AvgIpc) is 2.44. The summed E-state index contributed by atoms with van der Waals surface area (Å²) in [7, 11) is 0. The first-order valence-electron chi connectivity index (χ1n) is 6.17. The molecule has 3 N–H and O–H groups in total. The van der Waals surface area contributed by atoms with Crippen LogP contribution in [0.2, 0.25) is 0 Å². The molecule has 0 saturated heterocycles. The highest BCUT2D eigenvalue weighted by Crippen LogP contribution is 2.32. The number of nitrogens with one attached hydrogen (secondary N) is 1. The molecule has 2 aromatic rings. The normalized spacial score (nSPS) is 10.2. The first-order chi connectivity index (χ1) is 9.24. The topological polar surface area (TPSA) is 47.3 Å². The lowest BCUT2D eigenvalue weighted by Gasteiger charge is -2.13. The fourth-order valence-electron chi connectivity index (χ4n) is 1.79. The molecule has 100 valence electrons. The van der Waals surface area contributed by atoms with Crippen molar-refractivity contribution in [3.05, 3.63) is 42.5 Å². The monoisotopic (exact) mass is 274 g/mol. The van der Waals surface area contributed by atoms with E-state index in [-0.39, 0.29) is 0 Å². The molecule has 0 bridgehead atoms. The summed E-state index contributed by atoms with van der Waals surface area (Å²) < 4.78 is 5.49. The summed E-state index contributed by atoms with van der Waals surface area (Å²) in [6.07, 6.45) is 2.06. The number of benzene rings is 2. The van der Waals surface area contributed by atoms with Crippen molar-refractivity contribution >= 4 is 28.8 Å². The molecular formula is C15H18N2OS. The van der Waals surface area contributed by atoms with Gasteiger partial charge in [0.2, 0.25) is 0 Å². The van der Waals surface area contributed by atoms with Crippen LogP contribution in [0.4, 0.5) is 17.1 Å². The minimum absolute atomic E-state index is 0.607. The van der Waals surface area contributed by atoms with Crippen molar-refractivity contribution in [2.24, 2.45) is 0 Å². The van der Waals surface area contributed by atoms with Gasteiger partial charge in [-0.2, -0.15) is 0 Å². The number of hydrogen-bond donors (Lipinski definition) is 2. The Morgan fingerprint density at radius 2 is 2.00 bits per heavy atom. The zero-order chi connectivity index (χ0) is 13.7. The van der Waals surface area contributed by atoms with Gasteiger partial charge in [0.05, 0.1) is 18.0 Å². The summed E-state index contributed by atoms with van der Waals surface area (Å²) in [6, 6.07) is 14.0. The van der Waals surface area contributed by atoms with Crippen LogP contribution in [0.25, 0.3) is 0 Å². The van der Waals surface area contributed by atoms with E-state index in [0.29, 0.717) is 18.0 Å². The Bertz CT molecular complexity index is 558. The molecule has 0 amide bonds. The van der Waals surface area contributed by atoms with Gasteiger partial charge in [-0.3, -0.25) is 0 Å². The molecular weight excluding hydrogens is 256 g/mol. The van der Waals surface area contributed by atoms with Gasteiger partial charge < -0.3 is 15.8 Å². The standard InChI is InChI=1S/C15H18N2OS/c1-3-18-14-9-5-8-13(15(14)16)17-11-6-4-7-12(10-11)19-2/h4-10,17H,3,16H2,1-2H3. The number of hydrogen-bond acceptors (Lipinski definition) is 4. The van der Waals surface area contributed by atoms with Crippen molar-refractivity contribution in [1.82, 2.24) is 0 Å². The summed E-state index contributed by atoms with van der Waals surface area (Å²) in [4.78, 5) is 1.21. The van der Waals surface area contributed by atoms with Crippen LogP contribution in [0.15, 0.2) is 47.4 Å². The van der Waals surface area contributed by atoms with Crippen LogP contribution in [-0.2, 0) is 0 Å². The predicted molar refractivity (Wildman–Crippen MR) is 83.5 cm³/mol. The number of thioether (sulfide) groups is 1. The van der Waals surface area contributed by atoms with Crippen LogP contribution >= 0.6 is 11.8 Å². The van der Waals surface area contributed by atoms with Gasteiger partial charge in [-0.15, -0.1) is 11.8 Å². The number of ether oxygens (including phenoxy) is 1.